The topological polar surface area (TPSA) is 51.2 Å². The highest BCUT2D eigenvalue weighted by Gasteiger charge is 2.46. The van der Waals surface area contributed by atoms with Crippen LogP contribution in [0.1, 0.15) is 67.2 Å². The Labute approximate surface area is 258 Å². The molecule has 5 atom stereocenters. The number of hydrogen-bond acceptors (Lipinski definition) is 6. The van der Waals surface area contributed by atoms with Crippen LogP contribution in [0.2, 0.25) is 0 Å². The molecule has 6 nitrogen and oxygen atoms in total. The maximum atomic E-state index is 11.9. The summed E-state index contributed by atoms with van der Waals surface area (Å²) in [5.41, 5.74) is 7.66. The van der Waals surface area contributed by atoms with Gasteiger partial charge in [-0.05, 0) is 90.2 Å². The molecule has 0 N–H and O–H groups in total. The highest BCUT2D eigenvalue weighted by molar-refractivity contribution is 5.66. The van der Waals surface area contributed by atoms with E-state index in [0.717, 1.165) is 57.4 Å². The van der Waals surface area contributed by atoms with Crippen molar-refractivity contribution in [2.75, 3.05) is 37.7 Å². The third-order valence-electron chi connectivity index (χ3n) is 9.20. The molecule has 6 heteroatoms. The normalized spacial score (nSPS) is 29.8. The number of nitrogens with zero attached hydrogens (tertiary/aromatic N) is 2. The molecular formula is C37H50N2O4. The van der Waals surface area contributed by atoms with Gasteiger partial charge in [0.1, 0.15) is 6.61 Å². The second-order valence-electron chi connectivity index (χ2n) is 13.1. The Morgan fingerprint density at radius 1 is 1.02 bits per heavy atom. The molecule has 0 radical (unpaired) electrons. The van der Waals surface area contributed by atoms with E-state index >= 15 is 0 Å². The standard InChI is InChI=1S/C37H50N2O4/c1-26(2)11-10-12-27(3)19-33-20-28(4)23-37(42-33)24-31(25-41-30(6)40)34-22-35(29(5)21-36(34)43-37)39-17-15-38(16-18-39)32-13-8-7-9-14-32/h7-9,11,13-14,19,21,23-24,33-36H,10,12,15-18,20,22,25H2,1-6H3/b27-19+/t33-,34-,35-,36-,37+/m1/s1. The Kier molecular flexibility index (Phi) is 10.1. The summed E-state index contributed by atoms with van der Waals surface area (Å²) in [7, 11) is 0. The van der Waals surface area contributed by atoms with Crippen molar-refractivity contribution in [2.45, 2.75) is 91.3 Å². The van der Waals surface area contributed by atoms with Gasteiger partial charge in [0.25, 0.3) is 0 Å². The number of allylic oxidation sites excluding steroid dienone is 3. The summed E-state index contributed by atoms with van der Waals surface area (Å²) in [4.78, 5) is 17.0. The molecule has 5 rings (SSSR count). The summed E-state index contributed by atoms with van der Waals surface area (Å²) >= 11 is 0. The third kappa shape index (κ3) is 7.97. The highest BCUT2D eigenvalue weighted by atomic mass is 16.7. The lowest BCUT2D eigenvalue weighted by molar-refractivity contribution is -0.226. The minimum atomic E-state index is -0.967. The number of ether oxygens (including phenoxy) is 3. The zero-order chi connectivity index (χ0) is 30.6. The highest BCUT2D eigenvalue weighted by Crippen LogP contribution is 2.44. The molecule has 0 unspecified atom stereocenters. The Balaban J connectivity index is 1.34. The van der Waals surface area contributed by atoms with Gasteiger partial charge in [-0.2, -0.15) is 0 Å². The molecule has 3 heterocycles. The summed E-state index contributed by atoms with van der Waals surface area (Å²) in [6.07, 6.45) is 14.7. The number of esters is 1. The predicted molar refractivity (Wildman–Crippen MR) is 174 cm³/mol. The molecule has 4 aliphatic rings. The van der Waals surface area contributed by atoms with E-state index < -0.39 is 5.79 Å². The van der Waals surface area contributed by atoms with Crippen LogP contribution in [0.3, 0.4) is 0 Å². The first-order chi connectivity index (χ1) is 20.6. The quantitative estimate of drug-likeness (QED) is 0.238. The second kappa shape index (κ2) is 13.8. The Bertz CT molecular complexity index is 1300. The number of carbonyl (C=O) groups is 1. The van der Waals surface area contributed by atoms with Crippen LogP contribution in [-0.4, -0.2) is 67.7 Å². The monoisotopic (exact) mass is 586 g/mol. The van der Waals surface area contributed by atoms with E-state index in [9.17, 15) is 4.79 Å². The predicted octanol–water partition coefficient (Wildman–Crippen LogP) is 7.16. The second-order valence-corrected chi connectivity index (χ2v) is 13.1. The van der Waals surface area contributed by atoms with Gasteiger partial charge in [0.2, 0.25) is 5.79 Å². The van der Waals surface area contributed by atoms with Gasteiger partial charge in [-0.15, -0.1) is 0 Å². The van der Waals surface area contributed by atoms with E-state index in [1.807, 2.05) is 0 Å². The van der Waals surface area contributed by atoms with Gasteiger partial charge in [0.05, 0.1) is 12.2 Å². The van der Waals surface area contributed by atoms with Crippen molar-refractivity contribution in [3.63, 3.8) is 0 Å². The first kappa shape index (κ1) is 31.5. The lowest BCUT2D eigenvalue weighted by Crippen LogP contribution is -2.55. The first-order valence-electron chi connectivity index (χ1n) is 16.0. The summed E-state index contributed by atoms with van der Waals surface area (Å²) in [5.74, 6) is -1.10. The third-order valence-corrected chi connectivity index (χ3v) is 9.20. The van der Waals surface area contributed by atoms with Crippen molar-refractivity contribution in [1.82, 2.24) is 4.90 Å². The maximum Gasteiger partial charge on any atom is 0.302 e. The lowest BCUT2D eigenvalue weighted by atomic mass is 9.76. The van der Waals surface area contributed by atoms with Gasteiger partial charge in [-0.1, -0.05) is 58.7 Å². The van der Waals surface area contributed by atoms with Crippen molar-refractivity contribution in [1.29, 1.82) is 0 Å². The molecule has 0 saturated carbocycles. The minimum Gasteiger partial charge on any atom is -0.461 e. The average Bonchev–Trinajstić information content (AvgIpc) is 2.95. The number of carbonyl (C=O) groups excluding carboxylic acids is 1. The van der Waals surface area contributed by atoms with Crippen LogP contribution < -0.4 is 4.90 Å². The summed E-state index contributed by atoms with van der Waals surface area (Å²) in [6, 6.07) is 11.0. The maximum absolute atomic E-state index is 11.9. The van der Waals surface area contributed by atoms with Crippen molar-refractivity contribution < 1.29 is 19.0 Å². The van der Waals surface area contributed by atoms with Gasteiger partial charge < -0.3 is 19.1 Å². The largest absolute Gasteiger partial charge is 0.461 e. The van der Waals surface area contributed by atoms with Crippen LogP contribution >= 0.6 is 0 Å². The fourth-order valence-corrected chi connectivity index (χ4v) is 7.09. The Hall–Kier alpha value is -2.93. The molecule has 43 heavy (non-hydrogen) atoms. The van der Waals surface area contributed by atoms with Gasteiger partial charge in [-0.25, -0.2) is 0 Å². The molecule has 232 valence electrons. The molecule has 0 aromatic heterocycles. The zero-order valence-electron chi connectivity index (χ0n) is 27.0. The van der Waals surface area contributed by atoms with E-state index in [1.54, 1.807) is 0 Å². The van der Waals surface area contributed by atoms with E-state index in [0.29, 0.717) is 6.04 Å². The number of rotatable bonds is 8. The molecule has 1 aromatic rings. The summed E-state index contributed by atoms with van der Waals surface area (Å²) in [5, 5.41) is 0. The number of para-hydroxylation sites is 1. The number of piperazine rings is 1. The van der Waals surface area contributed by atoms with Crippen molar-refractivity contribution >= 4 is 11.7 Å². The summed E-state index contributed by atoms with van der Waals surface area (Å²) in [6.45, 7) is 16.7. The molecule has 1 spiro atoms. The average molecular weight is 587 g/mol. The molecule has 1 aliphatic carbocycles. The molecule has 0 bridgehead atoms. The van der Waals surface area contributed by atoms with Gasteiger partial charge in [-0.3, -0.25) is 9.69 Å². The molecule has 0 amide bonds. The first-order valence-corrected chi connectivity index (χ1v) is 16.0. The molecular weight excluding hydrogens is 536 g/mol. The fraction of sp³-hybridized carbons (Fsp3) is 0.541. The SMILES string of the molecule is CC(=O)OCC1=C[C@]2(C=C(C)C[C@@H](/C=C(\C)CCC=C(C)C)O2)O[C@@H]2C=C(C)[C@H](N3CCN(c4ccccc4)CC3)C[C@H]12. The zero-order valence-corrected chi connectivity index (χ0v) is 27.0. The van der Waals surface area contributed by atoms with Crippen LogP contribution in [0, 0.1) is 5.92 Å². The smallest absolute Gasteiger partial charge is 0.302 e. The number of fused-ring (bicyclic) bond motifs is 1. The van der Waals surface area contributed by atoms with Crippen molar-refractivity contribution in [3.8, 4) is 0 Å². The van der Waals surface area contributed by atoms with Crippen LogP contribution in [0.25, 0.3) is 0 Å². The Morgan fingerprint density at radius 3 is 2.47 bits per heavy atom. The summed E-state index contributed by atoms with van der Waals surface area (Å²) < 4.78 is 19.2. The van der Waals surface area contributed by atoms with Gasteiger partial charge in [0.15, 0.2) is 0 Å². The fourth-order valence-electron chi connectivity index (χ4n) is 7.09. The van der Waals surface area contributed by atoms with Gasteiger partial charge >= 0.3 is 5.97 Å². The van der Waals surface area contributed by atoms with Gasteiger partial charge in [0, 0.05) is 50.7 Å². The lowest BCUT2D eigenvalue weighted by Gasteiger charge is -2.49. The molecule has 1 saturated heterocycles. The number of anilines is 1. The van der Waals surface area contributed by atoms with E-state index in [-0.39, 0.29) is 30.7 Å². The van der Waals surface area contributed by atoms with Crippen molar-refractivity contribution in [3.05, 3.63) is 88.6 Å². The van der Waals surface area contributed by atoms with E-state index in [2.05, 4.69) is 105 Å². The number of benzene rings is 1. The van der Waals surface area contributed by atoms with E-state index in [1.165, 1.54) is 34.9 Å². The van der Waals surface area contributed by atoms with Crippen LogP contribution in [0.15, 0.2) is 88.6 Å². The molecule has 1 aromatic carbocycles. The van der Waals surface area contributed by atoms with Crippen LogP contribution in [0.4, 0.5) is 5.69 Å². The molecule has 1 fully saturated rings. The Morgan fingerprint density at radius 2 is 1.77 bits per heavy atom. The number of hydrogen-bond donors (Lipinski definition) is 0. The van der Waals surface area contributed by atoms with Crippen LogP contribution in [-0.2, 0) is 19.0 Å². The minimum absolute atomic E-state index is 0.0678. The van der Waals surface area contributed by atoms with E-state index in [4.69, 9.17) is 14.2 Å². The van der Waals surface area contributed by atoms with Crippen LogP contribution in [0.5, 0.6) is 0 Å². The molecule has 3 aliphatic heterocycles. The van der Waals surface area contributed by atoms with Crippen molar-refractivity contribution in [2.24, 2.45) is 5.92 Å².